The molecular formula is C16H16N2O3. The van der Waals surface area contributed by atoms with Gasteiger partial charge in [-0.2, -0.15) is 0 Å². The second-order valence-electron chi connectivity index (χ2n) is 4.42. The third kappa shape index (κ3) is 4.22. The van der Waals surface area contributed by atoms with Crippen molar-refractivity contribution >= 4 is 12.3 Å². The molecule has 0 radical (unpaired) electrons. The van der Waals surface area contributed by atoms with Gasteiger partial charge in [0.25, 0.3) is 0 Å². The van der Waals surface area contributed by atoms with Crippen molar-refractivity contribution in [2.24, 2.45) is 5.73 Å². The number of rotatable bonds is 6. The van der Waals surface area contributed by atoms with Crippen LogP contribution >= 0.6 is 0 Å². The molecule has 5 nitrogen and oxygen atoms in total. The lowest BCUT2D eigenvalue weighted by atomic mass is 10.1. The lowest BCUT2D eigenvalue weighted by Gasteiger charge is -2.06. The molecule has 1 aromatic carbocycles. The van der Waals surface area contributed by atoms with Crippen LogP contribution in [0, 0.1) is 0 Å². The van der Waals surface area contributed by atoms with E-state index < -0.39 is 5.97 Å². The second-order valence-corrected chi connectivity index (χ2v) is 4.42. The smallest absolute Gasteiger partial charge is 0.325 e. The first-order chi connectivity index (χ1) is 10.2. The maximum Gasteiger partial charge on any atom is 0.325 e. The number of esters is 1. The fourth-order valence-corrected chi connectivity index (χ4v) is 1.85. The van der Waals surface area contributed by atoms with Gasteiger partial charge in [0.2, 0.25) is 0 Å². The highest BCUT2D eigenvalue weighted by atomic mass is 16.5. The van der Waals surface area contributed by atoms with Gasteiger partial charge >= 0.3 is 5.97 Å². The van der Waals surface area contributed by atoms with Crippen molar-refractivity contribution in [3.8, 4) is 17.0 Å². The Hall–Kier alpha value is -2.53. The summed E-state index contributed by atoms with van der Waals surface area (Å²) in [5, 5.41) is 0. The average molecular weight is 284 g/mol. The minimum atomic E-state index is -0.475. The largest absolute Gasteiger partial charge is 0.426 e. The molecule has 0 saturated heterocycles. The van der Waals surface area contributed by atoms with E-state index in [-0.39, 0.29) is 6.54 Å². The summed E-state index contributed by atoms with van der Waals surface area (Å²) in [5.41, 5.74) is 7.79. The first kappa shape index (κ1) is 14.9. The molecular weight excluding hydrogens is 268 g/mol. The first-order valence-electron chi connectivity index (χ1n) is 6.63. The molecule has 0 spiro atoms. The number of benzene rings is 1. The Bertz CT molecular complexity index is 624. The summed E-state index contributed by atoms with van der Waals surface area (Å²) < 4.78 is 5.01. The van der Waals surface area contributed by atoms with Gasteiger partial charge in [-0.25, -0.2) is 0 Å². The fraction of sp³-hybridized carbons (Fsp3) is 0.188. The maximum atomic E-state index is 11.1. The molecule has 0 atom stereocenters. The first-order valence-corrected chi connectivity index (χ1v) is 6.63. The Morgan fingerprint density at radius 3 is 2.62 bits per heavy atom. The SMILES string of the molecule is NCC(=O)Oc1ccc(-c2cccc(CCC=O)n2)cc1. The number of pyridine rings is 1. The van der Waals surface area contributed by atoms with E-state index in [1.807, 2.05) is 30.3 Å². The van der Waals surface area contributed by atoms with Gasteiger partial charge in [0.15, 0.2) is 0 Å². The molecule has 2 aromatic rings. The van der Waals surface area contributed by atoms with Crippen LogP contribution < -0.4 is 10.5 Å². The van der Waals surface area contributed by atoms with Gasteiger partial charge in [0.05, 0.1) is 12.2 Å². The van der Waals surface area contributed by atoms with Crippen LogP contribution in [0.25, 0.3) is 11.3 Å². The molecule has 0 fully saturated rings. The third-order valence-corrected chi connectivity index (χ3v) is 2.87. The van der Waals surface area contributed by atoms with E-state index in [4.69, 9.17) is 10.5 Å². The van der Waals surface area contributed by atoms with Gasteiger partial charge in [-0.3, -0.25) is 9.78 Å². The van der Waals surface area contributed by atoms with E-state index in [9.17, 15) is 9.59 Å². The van der Waals surface area contributed by atoms with Crippen LogP contribution in [-0.2, 0) is 16.0 Å². The van der Waals surface area contributed by atoms with Gasteiger partial charge in [-0.05, 0) is 42.8 Å². The molecule has 0 aliphatic carbocycles. The van der Waals surface area contributed by atoms with Crippen LogP contribution in [0.1, 0.15) is 12.1 Å². The Kier molecular flexibility index (Phi) is 5.17. The number of aryl methyl sites for hydroxylation is 1. The number of nitrogens with zero attached hydrogens (tertiary/aromatic N) is 1. The zero-order chi connectivity index (χ0) is 15.1. The number of nitrogens with two attached hydrogens (primary N) is 1. The number of ether oxygens (including phenoxy) is 1. The van der Waals surface area contributed by atoms with Crippen LogP contribution in [0.2, 0.25) is 0 Å². The molecule has 5 heteroatoms. The monoisotopic (exact) mass is 284 g/mol. The van der Waals surface area contributed by atoms with E-state index in [0.29, 0.717) is 18.6 Å². The highest BCUT2D eigenvalue weighted by molar-refractivity contribution is 5.74. The van der Waals surface area contributed by atoms with Crippen molar-refractivity contribution in [1.82, 2.24) is 4.98 Å². The molecule has 0 unspecified atom stereocenters. The number of carbonyl (C=O) groups is 2. The van der Waals surface area contributed by atoms with Crippen LogP contribution in [-0.4, -0.2) is 23.8 Å². The minimum absolute atomic E-state index is 0.151. The molecule has 2 rings (SSSR count). The van der Waals surface area contributed by atoms with Crippen molar-refractivity contribution < 1.29 is 14.3 Å². The average Bonchev–Trinajstić information content (AvgIpc) is 2.53. The van der Waals surface area contributed by atoms with Crippen LogP contribution in [0.5, 0.6) is 5.75 Å². The van der Waals surface area contributed by atoms with E-state index in [2.05, 4.69) is 4.98 Å². The fourth-order valence-electron chi connectivity index (χ4n) is 1.85. The molecule has 1 aromatic heterocycles. The summed E-state index contributed by atoms with van der Waals surface area (Å²) >= 11 is 0. The van der Waals surface area contributed by atoms with Crippen LogP contribution in [0.4, 0.5) is 0 Å². The molecule has 0 aliphatic heterocycles. The Morgan fingerprint density at radius 2 is 1.95 bits per heavy atom. The van der Waals surface area contributed by atoms with Gasteiger partial charge < -0.3 is 15.3 Å². The van der Waals surface area contributed by atoms with E-state index in [1.54, 1.807) is 12.1 Å². The quantitative estimate of drug-likeness (QED) is 0.496. The summed E-state index contributed by atoms with van der Waals surface area (Å²) in [6, 6.07) is 12.7. The number of aromatic nitrogens is 1. The summed E-state index contributed by atoms with van der Waals surface area (Å²) in [4.78, 5) is 26.0. The van der Waals surface area contributed by atoms with Crippen molar-refractivity contribution in [3.63, 3.8) is 0 Å². The number of hydrogen-bond donors (Lipinski definition) is 1. The highest BCUT2D eigenvalue weighted by Gasteiger charge is 2.04. The zero-order valence-corrected chi connectivity index (χ0v) is 11.5. The molecule has 0 aliphatic rings. The Labute approximate surface area is 122 Å². The lowest BCUT2D eigenvalue weighted by molar-refractivity contribution is -0.132. The van der Waals surface area contributed by atoms with Gasteiger partial charge in [-0.15, -0.1) is 0 Å². The standard InChI is InChI=1S/C16H16N2O3/c17-11-16(20)21-14-8-6-12(7-9-14)15-5-1-3-13(18-15)4-2-10-19/h1,3,5-10H,2,4,11,17H2. The summed E-state index contributed by atoms with van der Waals surface area (Å²) in [6.45, 7) is -0.151. The molecule has 2 N–H and O–H groups in total. The normalized spacial score (nSPS) is 10.1. The van der Waals surface area contributed by atoms with Gasteiger partial charge in [-0.1, -0.05) is 6.07 Å². The molecule has 0 saturated carbocycles. The van der Waals surface area contributed by atoms with E-state index >= 15 is 0 Å². The van der Waals surface area contributed by atoms with Gasteiger partial charge in [0, 0.05) is 17.7 Å². The maximum absolute atomic E-state index is 11.1. The van der Waals surface area contributed by atoms with Crippen LogP contribution in [0.3, 0.4) is 0 Å². The van der Waals surface area contributed by atoms with Crippen molar-refractivity contribution in [3.05, 3.63) is 48.2 Å². The predicted octanol–water partition coefficient (Wildman–Crippen LogP) is 1.74. The molecule has 21 heavy (non-hydrogen) atoms. The summed E-state index contributed by atoms with van der Waals surface area (Å²) in [7, 11) is 0. The zero-order valence-electron chi connectivity index (χ0n) is 11.5. The lowest BCUT2D eigenvalue weighted by Crippen LogP contribution is -2.19. The molecule has 0 amide bonds. The highest BCUT2D eigenvalue weighted by Crippen LogP contribution is 2.21. The second kappa shape index (κ2) is 7.31. The van der Waals surface area contributed by atoms with E-state index in [0.717, 1.165) is 23.2 Å². The Morgan fingerprint density at radius 1 is 1.19 bits per heavy atom. The molecule has 108 valence electrons. The molecule has 0 bridgehead atoms. The Balaban J connectivity index is 2.14. The number of hydrogen-bond acceptors (Lipinski definition) is 5. The van der Waals surface area contributed by atoms with E-state index in [1.165, 1.54) is 0 Å². The topological polar surface area (TPSA) is 82.3 Å². The van der Waals surface area contributed by atoms with Crippen molar-refractivity contribution in [2.75, 3.05) is 6.54 Å². The number of aldehydes is 1. The summed E-state index contributed by atoms with van der Waals surface area (Å²) in [6.07, 6.45) is 1.98. The third-order valence-electron chi connectivity index (χ3n) is 2.87. The van der Waals surface area contributed by atoms with Crippen molar-refractivity contribution in [1.29, 1.82) is 0 Å². The van der Waals surface area contributed by atoms with Crippen molar-refractivity contribution in [2.45, 2.75) is 12.8 Å². The summed E-state index contributed by atoms with van der Waals surface area (Å²) in [5.74, 6) is -0.0250. The minimum Gasteiger partial charge on any atom is -0.426 e. The molecule has 1 heterocycles. The number of carbonyl (C=O) groups excluding carboxylic acids is 2. The van der Waals surface area contributed by atoms with Gasteiger partial charge in [0.1, 0.15) is 12.0 Å². The van der Waals surface area contributed by atoms with Crippen LogP contribution in [0.15, 0.2) is 42.5 Å². The predicted molar refractivity (Wildman–Crippen MR) is 78.7 cm³/mol.